The monoisotopic (exact) mass is 870 g/mol. The Morgan fingerprint density at radius 3 is 2.18 bits per heavy atom. The second-order valence-electron chi connectivity index (χ2n) is 15.2. The minimum absolute atomic E-state index is 0.00847. The highest BCUT2D eigenvalue weighted by Crippen LogP contribution is 2.23. The highest BCUT2D eigenvalue weighted by molar-refractivity contribution is 7.80. The number of rotatable bonds is 9. The average molecular weight is 871 g/mol. The van der Waals surface area contributed by atoms with Crippen LogP contribution in [0.5, 0.6) is 5.75 Å². The van der Waals surface area contributed by atoms with Crippen LogP contribution >= 0.6 is 12.6 Å². The predicted molar refractivity (Wildman–Crippen MR) is 223 cm³/mol. The van der Waals surface area contributed by atoms with Crippen LogP contribution in [-0.2, 0) is 40.0 Å². The third-order valence-electron chi connectivity index (χ3n) is 10.8. The SMILES string of the molecule is CCC1NC(=O)[C@@H](NC=O)C[C@@H](O)CNC(=O)C2[C@@H](O)CCN2C(=O)C([C@H](O)CCN)NC(=O)C(CCc2ccc(O)cc2)NC(=O)C2CCCN2C1=O.Sc1ccccc1. The number of phenols is 1. The molecule has 7 amide bonds. The zero-order valence-corrected chi connectivity index (χ0v) is 34.9. The molecule has 9 atom stereocenters. The van der Waals surface area contributed by atoms with E-state index in [1.165, 1.54) is 17.0 Å². The third kappa shape index (κ3) is 13.6. The van der Waals surface area contributed by atoms with Crippen molar-refractivity contribution < 1.29 is 54.0 Å². The lowest BCUT2D eigenvalue weighted by molar-refractivity contribution is -0.146. The summed E-state index contributed by atoms with van der Waals surface area (Å²) in [7, 11) is 0. The number of amides is 7. The van der Waals surface area contributed by atoms with Crippen LogP contribution in [-0.4, -0.2) is 153 Å². The van der Waals surface area contributed by atoms with Crippen molar-refractivity contribution in [2.45, 2.75) is 118 Å². The average Bonchev–Trinajstić information content (AvgIpc) is 3.90. The minimum Gasteiger partial charge on any atom is -0.508 e. The molecule has 0 aromatic heterocycles. The number of phenolic OH excluding ortho intramolecular Hbond substituents is 1. The number of thiol groups is 1. The Balaban J connectivity index is 0.00000106. The highest BCUT2D eigenvalue weighted by Gasteiger charge is 2.46. The summed E-state index contributed by atoms with van der Waals surface area (Å²) in [6.07, 6.45) is -3.57. The molecule has 334 valence electrons. The van der Waals surface area contributed by atoms with Crippen LogP contribution in [0.3, 0.4) is 0 Å². The summed E-state index contributed by atoms with van der Waals surface area (Å²) in [5.74, 6) is -4.64. The summed E-state index contributed by atoms with van der Waals surface area (Å²) in [4.78, 5) is 97.3. The second-order valence-corrected chi connectivity index (χ2v) is 15.7. The maximum Gasteiger partial charge on any atom is 0.248 e. The van der Waals surface area contributed by atoms with Crippen molar-refractivity contribution in [3.05, 3.63) is 60.2 Å². The number of benzene rings is 2. The standard InChI is InChI=1S/C35H52N8O11.C6H6S/c1-2-22-34(53)42-14-3-4-25(42)32(51)40-23(10-7-19-5-8-20(45)9-6-19)30(49)41-28(26(47)11-13-36)35(54)43-15-12-27(48)29(43)33(52)37-17-21(46)16-24(38-18-44)31(50)39-22;7-6-4-2-1-3-5-6/h5-6,8-9,18,21-29,45-48H,2-4,7,10-17,36H2,1H3,(H,37,52)(H,38,44)(H,39,50)(H,40,51)(H,41,49);1-5,7H/t21-,22?,23?,24+,25?,26-,27+,28?,29?;/m1./s1. The zero-order chi connectivity index (χ0) is 44.6. The van der Waals surface area contributed by atoms with Gasteiger partial charge in [0.2, 0.25) is 41.9 Å². The first kappa shape index (κ1) is 48.4. The van der Waals surface area contributed by atoms with Crippen LogP contribution in [0.15, 0.2) is 59.5 Å². The Hall–Kier alpha value is -5.28. The van der Waals surface area contributed by atoms with E-state index in [2.05, 4.69) is 39.2 Å². The third-order valence-corrected chi connectivity index (χ3v) is 11.1. The Bertz CT molecular complexity index is 1810. The number of aliphatic hydroxyl groups is 3. The van der Waals surface area contributed by atoms with E-state index in [0.29, 0.717) is 12.0 Å². The van der Waals surface area contributed by atoms with E-state index in [0.717, 1.165) is 9.80 Å². The first-order chi connectivity index (χ1) is 29.2. The first-order valence-corrected chi connectivity index (χ1v) is 20.9. The van der Waals surface area contributed by atoms with Crippen LogP contribution in [0.2, 0.25) is 0 Å². The lowest BCUT2D eigenvalue weighted by Crippen LogP contribution is -2.62. The largest absolute Gasteiger partial charge is 0.508 e. The molecular formula is C41H58N8O11S. The van der Waals surface area contributed by atoms with Crippen LogP contribution in [0.1, 0.15) is 57.4 Å². The number of fused-ring (bicyclic) bond motifs is 2. The molecule has 61 heavy (non-hydrogen) atoms. The fourth-order valence-corrected chi connectivity index (χ4v) is 7.67. The summed E-state index contributed by atoms with van der Waals surface area (Å²) in [5.41, 5.74) is 6.40. The van der Waals surface area contributed by atoms with Crippen molar-refractivity contribution in [2.24, 2.45) is 5.73 Å². The summed E-state index contributed by atoms with van der Waals surface area (Å²) < 4.78 is 0. The van der Waals surface area contributed by atoms with Gasteiger partial charge < -0.3 is 62.5 Å². The van der Waals surface area contributed by atoms with Crippen LogP contribution in [0.25, 0.3) is 0 Å². The number of nitrogens with zero attached hydrogens (tertiary/aromatic N) is 2. The lowest BCUT2D eigenvalue weighted by Gasteiger charge is -2.33. The van der Waals surface area contributed by atoms with Crippen LogP contribution in [0.4, 0.5) is 0 Å². The quantitative estimate of drug-likeness (QED) is 0.0948. The smallest absolute Gasteiger partial charge is 0.248 e. The van der Waals surface area contributed by atoms with Gasteiger partial charge in [0.1, 0.15) is 42.0 Å². The van der Waals surface area contributed by atoms with Crippen molar-refractivity contribution in [3.63, 3.8) is 0 Å². The Morgan fingerprint density at radius 1 is 0.869 bits per heavy atom. The topological polar surface area (TPSA) is 293 Å². The molecule has 3 heterocycles. The van der Waals surface area contributed by atoms with E-state index in [-0.39, 0.29) is 76.7 Å². The number of nitrogens with one attached hydrogen (secondary N) is 5. The van der Waals surface area contributed by atoms with Gasteiger partial charge in [-0.05, 0) is 81.3 Å². The van der Waals surface area contributed by atoms with E-state index in [1.54, 1.807) is 19.1 Å². The molecular weight excluding hydrogens is 813 g/mol. The van der Waals surface area contributed by atoms with Crippen molar-refractivity contribution >= 4 is 54.5 Å². The van der Waals surface area contributed by atoms with Gasteiger partial charge in [0.05, 0.1) is 18.3 Å². The number of hydrogen-bond acceptors (Lipinski definition) is 13. The number of carbonyl (C=O) groups is 7. The molecule has 3 fully saturated rings. The molecule has 3 saturated heterocycles. The maximum absolute atomic E-state index is 14.1. The Morgan fingerprint density at radius 2 is 1.56 bits per heavy atom. The normalized spacial score (nSPS) is 27.4. The van der Waals surface area contributed by atoms with Gasteiger partial charge in [-0.2, -0.15) is 0 Å². The molecule has 3 aliphatic rings. The number of β-amino-alcohol motifs (C(OH)–C–C–N with tert-alkyl or cyclic N) is 1. The van der Waals surface area contributed by atoms with Crippen LogP contribution in [0, 0.1) is 0 Å². The predicted octanol–water partition coefficient (Wildman–Crippen LogP) is -2.18. The molecule has 0 bridgehead atoms. The zero-order valence-electron chi connectivity index (χ0n) is 34.0. The van der Waals surface area contributed by atoms with Crippen molar-refractivity contribution in [3.8, 4) is 5.75 Å². The summed E-state index contributed by atoms with van der Waals surface area (Å²) in [6.45, 7) is 1.16. The molecule has 0 spiro atoms. The van der Waals surface area contributed by atoms with E-state index >= 15 is 0 Å². The fourth-order valence-electron chi connectivity index (χ4n) is 7.50. The maximum atomic E-state index is 14.1. The summed E-state index contributed by atoms with van der Waals surface area (Å²) >= 11 is 4.08. The van der Waals surface area contributed by atoms with Crippen molar-refractivity contribution in [1.29, 1.82) is 0 Å². The van der Waals surface area contributed by atoms with E-state index in [9.17, 15) is 54.0 Å². The van der Waals surface area contributed by atoms with Crippen molar-refractivity contribution in [2.75, 3.05) is 26.2 Å². The molecule has 20 heteroatoms. The van der Waals surface area contributed by atoms with Gasteiger partial charge in [-0.25, -0.2) is 0 Å². The van der Waals surface area contributed by atoms with Crippen LogP contribution < -0.4 is 32.3 Å². The van der Waals surface area contributed by atoms with E-state index in [4.69, 9.17) is 5.73 Å². The summed E-state index contributed by atoms with van der Waals surface area (Å²) in [5, 5.41) is 55.0. The van der Waals surface area contributed by atoms with Gasteiger partial charge in [0.15, 0.2) is 0 Å². The molecule has 2 aromatic carbocycles. The molecule has 5 rings (SSSR count). The van der Waals surface area contributed by atoms with Gasteiger partial charge in [-0.15, -0.1) is 12.6 Å². The van der Waals surface area contributed by atoms with E-state index in [1.807, 2.05) is 30.3 Å². The number of carbonyl (C=O) groups excluding carboxylic acids is 7. The number of aryl methyl sites for hydroxylation is 1. The lowest BCUT2D eigenvalue weighted by atomic mass is 10.0. The molecule has 2 aromatic rings. The number of hydrogen-bond donors (Lipinski definition) is 11. The Labute approximate surface area is 359 Å². The van der Waals surface area contributed by atoms with E-state index < -0.39 is 96.6 Å². The van der Waals surface area contributed by atoms with Gasteiger partial charge in [0, 0.05) is 31.0 Å². The van der Waals surface area contributed by atoms with Crippen molar-refractivity contribution in [1.82, 2.24) is 36.4 Å². The van der Waals surface area contributed by atoms with Gasteiger partial charge in [0.25, 0.3) is 0 Å². The Kier molecular flexibility index (Phi) is 18.8. The fraction of sp³-hybridized carbons (Fsp3) is 0.537. The molecule has 5 unspecified atom stereocenters. The van der Waals surface area contributed by atoms with Gasteiger partial charge in [-0.1, -0.05) is 37.3 Å². The second kappa shape index (κ2) is 23.6. The van der Waals surface area contributed by atoms with Gasteiger partial charge >= 0.3 is 0 Å². The number of nitrogens with two attached hydrogens (primary N) is 1. The van der Waals surface area contributed by atoms with Gasteiger partial charge in [-0.3, -0.25) is 33.6 Å². The number of aliphatic hydroxyl groups excluding tert-OH is 3. The number of aromatic hydroxyl groups is 1. The summed E-state index contributed by atoms with van der Waals surface area (Å²) in [6, 6.07) is 8.06. The molecule has 0 radical (unpaired) electrons. The first-order valence-electron chi connectivity index (χ1n) is 20.4. The molecule has 11 N–H and O–H groups in total. The highest BCUT2D eigenvalue weighted by atomic mass is 32.1. The molecule has 0 saturated carbocycles. The molecule has 3 aliphatic heterocycles. The minimum atomic E-state index is -1.66. The molecule has 0 aliphatic carbocycles. The molecule has 19 nitrogen and oxygen atoms in total.